The van der Waals surface area contributed by atoms with E-state index >= 15 is 0 Å². The standard InChI is InChI=1S/C14H18Cl2N2/c15-12-4-1-10(7-13(12)16)8-18-6-5-17-14(9-18)11-2-3-11/h1,4,7,11,14,17H,2-3,5-6,8-9H2. The highest BCUT2D eigenvalue weighted by Gasteiger charge is 2.33. The molecule has 2 fully saturated rings. The van der Waals surface area contributed by atoms with Crippen LogP contribution in [0.1, 0.15) is 18.4 Å². The van der Waals surface area contributed by atoms with Crippen LogP contribution in [0, 0.1) is 5.92 Å². The summed E-state index contributed by atoms with van der Waals surface area (Å²) in [6.07, 6.45) is 2.80. The molecular weight excluding hydrogens is 267 g/mol. The first kappa shape index (κ1) is 12.7. The molecule has 1 heterocycles. The molecule has 1 aliphatic carbocycles. The van der Waals surface area contributed by atoms with Crippen LogP contribution in [0.4, 0.5) is 0 Å². The van der Waals surface area contributed by atoms with Gasteiger partial charge in [0.15, 0.2) is 0 Å². The van der Waals surface area contributed by atoms with E-state index in [0.29, 0.717) is 16.1 Å². The second-order valence-electron chi connectivity index (χ2n) is 5.38. The van der Waals surface area contributed by atoms with Gasteiger partial charge in [-0.3, -0.25) is 4.90 Å². The molecule has 2 aliphatic rings. The summed E-state index contributed by atoms with van der Waals surface area (Å²) in [6.45, 7) is 4.35. The van der Waals surface area contributed by atoms with E-state index in [1.165, 1.54) is 18.4 Å². The van der Waals surface area contributed by atoms with E-state index in [0.717, 1.165) is 32.1 Å². The molecule has 1 aromatic rings. The van der Waals surface area contributed by atoms with Crippen molar-refractivity contribution >= 4 is 23.2 Å². The van der Waals surface area contributed by atoms with Gasteiger partial charge in [0.25, 0.3) is 0 Å². The first-order valence-electron chi connectivity index (χ1n) is 6.62. The number of hydrogen-bond donors (Lipinski definition) is 1. The lowest BCUT2D eigenvalue weighted by Crippen LogP contribution is -2.51. The lowest BCUT2D eigenvalue weighted by molar-refractivity contribution is 0.181. The Labute approximate surface area is 118 Å². The van der Waals surface area contributed by atoms with Gasteiger partial charge >= 0.3 is 0 Å². The van der Waals surface area contributed by atoms with Crippen LogP contribution in [-0.2, 0) is 6.54 Å². The van der Waals surface area contributed by atoms with Crippen LogP contribution >= 0.6 is 23.2 Å². The number of nitrogens with zero attached hydrogens (tertiary/aromatic N) is 1. The maximum Gasteiger partial charge on any atom is 0.0595 e. The Morgan fingerprint density at radius 2 is 2.06 bits per heavy atom. The molecule has 1 unspecified atom stereocenters. The highest BCUT2D eigenvalue weighted by Crippen LogP contribution is 2.34. The summed E-state index contributed by atoms with van der Waals surface area (Å²) in [7, 11) is 0. The first-order chi connectivity index (χ1) is 8.72. The minimum atomic E-state index is 0.636. The van der Waals surface area contributed by atoms with Crippen LogP contribution in [0.5, 0.6) is 0 Å². The van der Waals surface area contributed by atoms with Gasteiger partial charge in [-0.2, -0.15) is 0 Å². The molecule has 1 N–H and O–H groups in total. The molecule has 0 radical (unpaired) electrons. The van der Waals surface area contributed by atoms with Gasteiger partial charge in [0, 0.05) is 32.2 Å². The quantitative estimate of drug-likeness (QED) is 0.917. The predicted octanol–water partition coefficient (Wildman–Crippen LogP) is 3.18. The van der Waals surface area contributed by atoms with Crippen molar-refractivity contribution in [1.82, 2.24) is 10.2 Å². The SMILES string of the molecule is Clc1ccc(CN2CCNC(C3CC3)C2)cc1Cl. The molecule has 4 heteroatoms. The number of benzene rings is 1. The van der Waals surface area contributed by atoms with Crippen molar-refractivity contribution in [3.05, 3.63) is 33.8 Å². The molecule has 98 valence electrons. The monoisotopic (exact) mass is 284 g/mol. The minimum absolute atomic E-state index is 0.636. The second kappa shape index (κ2) is 5.38. The summed E-state index contributed by atoms with van der Waals surface area (Å²) in [6, 6.07) is 6.64. The molecule has 1 aliphatic heterocycles. The van der Waals surface area contributed by atoms with E-state index in [2.05, 4.69) is 16.3 Å². The summed E-state index contributed by atoms with van der Waals surface area (Å²) >= 11 is 12.0. The summed E-state index contributed by atoms with van der Waals surface area (Å²) in [4.78, 5) is 2.51. The molecule has 0 spiro atoms. The lowest BCUT2D eigenvalue weighted by Gasteiger charge is -2.34. The Balaban J connectivity index is 1.62. The highest BCUT2D eigenvalue weighted by molar-refractivity contribution is 6.42. The number of piperazine rings is 1. The smallest absolute Gasteiger partial charge is 0.0595 e. The topological polar surface area (TPSA) is 15.3 Å². The fraction of sp³-hybridized carbons (Fsp3) is 0.571. The Hall–Kier alpha value is -0.280. The summed E-state index contributed by atoms with van der Waals surface area (Å²) in [5.74, 6) is 0.918. The molecule has 18 heavy (non-hydrogen) atoms. The zero-order valence-electron chi connectivity index (χ0n) is 10.3. The Kier molecular flexibility index (Phi) is 3.81. The molecular formula is C14H18Cl2N2. The average Bonchev–Trinajstić information content (AvgIpc) is 3.18. The minimum Gasteiger partial charge on any atom is -0.311 e. The van der Waals surface area contributed by atoms with Gasteiger partial charge in [-0.25, -0.2) is 0 Å². The van der Waals surface area contributed by atoms with Gasteiger partial charge in [0.2, 0.25) is 0 Å². The maximum atomic E-state index is 6.06. The number of hydrogen-bond acceptors (Lipinski definition) is 2. The maximum absolute atomic E-state index is 6.06. The van der Waals surface area contributed by atoms with Crippen molar-refractivity contribution in [1.29, 1.82) is 0 Å². The number of halogens is 2. The van der Waals surface area contributed by atoms with Crippen LogP contribution in [-0.4, -0.2) is 30.6 Å². The molecule has 0 bridgehead atoms. The third-order valence-electron chi connectivity index (χ3n) is 3.87. The third-order valence-corrected chi connectivity index (χ3v) is 4.61. The lowest BCUT2D eigenvalue weighted by atomic mass is 10.1. The normalized spacial score (nSPS) is 25.3. The van der Waals surface area contributed by atoms with Crippen LogP contribution < -0.4 is 5.32 Å². The molecule has 1 aromatic carbocycles. The van der Waals surface area contributed by atoms with Crippen LogP contribution in [0.3, 0.4) is 0 Å². The van der Waals surface area contributed by atoms with Crippen molar-refractivity contribution in [3.8, 4) is 0 Å². The second-order valence-corrected chi connectivity index (χ2v) is 6.20. The van der Waals surface area contributed by atoms with Gasteiger partial charge in [0.1, 0.15) is 0 Å². The summed E-state index contributed by atoms with van der Waals surface area (Å²) in [5.41, 5.74) is 1.25. The molecule has 1 saturated carbocycles. The van der Waals surface area contributed by atoms with E-state index in [1.807, 2.05) is 12.1 Å². The van der Waals surface area contributed by atoms with Crippen LogP contribution in [0.25, 0.3) is 0 Å². The van der Waals surface area contributed by atoms with Gasteiger partial charge in [-0.1, -0.05) is 29.3 Å². The molecule has 1 atom stereocenters. The molecule has 3 rings (SSSR count). The summed E-state index contributed by atoms with van der Waals surface area (Å²) in [5, 5.41) is 4.92. The van der Waals surface area contributed by atoms with Crippen molar-refractivity contribution in [2.45, 2.75) is 25.4 Å². The zero-order chi connectivity index (χ0) is 12.5. The number of nitrogens with one attached hydrogen (secondary N) is 1. The first-order valence-corrected chi connectivity index (χ1v) is 7.37. The highest BCUT2D eigenvalue weighted by atomic mass is 35.5. The fourth-order valence-electron chi connectivity index (χ4n) is 2.70. The van der Waals surface area contributed by atoms with Crippen LogP contribution in [0.2, 0.25) is 10.0 Å². The predicted molar refractivity (Wildman–Crippen MR) is 76.3 cm³/mol. The fourth-order valence-corrected chi connectivity index (χ4v) is 3.02. The van der Waals surface area contributed by atoms with Crippen molar-refractivity contribution < 1.29 is 0 Å². The van der Waals surface area contributed by atoms with Gasteiger partial charge in [0.05, 0.1) is 10.0 Å². The van der Waals surface area contributed by atoms with Gasteiger partial charge in [-0.05, 0) is 36.5 Å². The average molecular weight is 285 g/mol. The van der Waals surface area contributed by atoms with E-state index in [9.17, 15) is 0 Å². The molecule has 1 saturated heterocycles. The van der Waals surface area contributed by atoms with Crippen molar-refractivity contribution in [2.24, 2.45) is 5.92 Å². The largest absolute Gasteiger partial charge is 0.311 e. The van der Waals surface area contributed by atoms with Crippen LogP contribution in [0.15, 0.2) is 18.2 Å². The van der Waals surface area contributed by atoms with E-state index in [4.69, 9.17) is 23.2 Å². The van der Waals surface area contributed by atoms with Crippen molar-refractivity contribution in [2.75, 3.05) is 19.6 Å². The number of rotatable bonds is 3. The Morgan fingerprint density at radius 3 is 2.78 bits per heavy atom. The van der Waals surface area contributed by atoms with E-state index in [1.54, 1.807) is 0 Å². The van der Waals surface area contributed by atoms with Gasteiger partial charge in [-0.15, -0.1) is 0 Å². The molecule has 0 amide bonds. The van der Waals surface area contributed by atoms with Crippen molar-refractivity contribution in [3.63, 3.8) is 0 Å². The van der Waals surface area contributed by atoms with Gasteiger partial charge < -0.3 is 5.32 Å². The Morgan fingerprint density at radius 1 is 1.22 bits per heavy atom. The molecule has 2 nitrogen and oxygen atoms in total. The van der Waals surface area contributed by atoms with E-state index in [-0.39, 0.29) is 0 Å². The Bertz CT molecular complexity index is 432. The zero-order valence-corrected chi connectivity index (χ0v) is 11.8. The summed E-state index contributed by atoms with van der Waals surface area (Å²) < 4.78 is 0. The molecule has 0 aromatic heterocycles. The third kappa shape index (κ3) is 3.00. The van der Waals surface area contributed by atoms with E-state index < -0.39 is 0 Å².